The molecule has 2 aromatic carbocycles. The zero-order chi connectivity index (χ0) is 17.9. The minimum atomic E-state index is -0.226. The molecule has 1 atom stereocenters. The smallest absolute Gasteiger partial charge is 0.253 e. The molecule has 1 unspecified atom stereocenters. The Balaban J connectivity index is 1.73. The van der Waals surface area contributed by atoms with Crippen molar-refractivity contribution in [1.82, 2.24) is 9.97 Å². The third kappa shape index (κ3) is 3.17. The van der Waals surface area contributed by atoms with Crippen molar-refractivity contribution < 1.29 is 4.79 Å². The molecule has 2 heterocycles. The number of aromatic amines is 1. The molecule has 4 aromatic rings. The molecule has 128 valence electrons. The van der Waals surface area contributed by atoms with Gasteiger partial charge in [-0.1, -0.05) is 43.0 Å². The van der Waals surface area contributed by atoms with E-state index in [0.717, 1.165) is 22.0 Å². The average molecular weight is 359 g/mol. The van der Waals surface area contributed by atoms with Crippen molar-refractivity contribution >= 4 is 33.3 Å². The van der Waals surface area contributed by atoms with Gasteiger partial charge >= 0.3 is 0 Å². The number of nitrogens with zero attached hydrogens (tertiary/aromatic N) is 1. The van der Waals surface area contributed by atoms with E-state index < -0.39 is 0 Å². The van der Waals surface area contributed by atoms with Gasteiger partial charge < -0.3 is 4.98 Å². The van der Waals surface area contributed by atoms with E-state index in [2.05, 4.69) is 27.9 Å². The molecule has 0 saturated carbocycles. The lowest BCUT2D eigenvalue weighted by Gasteiger charge is -2.20. The molecule has 26 heavy (non-hydrogen) atoms. The fourth-order valence-corrected chi connectivity index (χ4v) is 3.61. The molecule has 2 aromatic heterocycles. The SMILES string of the molecule is C=C(C(=O)Nc1nccs1)C(c1ccccc1)c1ccc2[nH]ccc2c1. The van der Waals surface area contributed by atoms with Crippen molar-refractivity contribution in [3.05, 3.63) is 95.6 Å². The molecule has 0 aliphatic rings. The van der Waals surface area contributed by atoms with Crippen molar-refractivity contribution in [2.75, 3.05) is 5.32 Å². The van der Waals surface area contributed by atoms with Gasteiger partial charge in [0.25, 0.3) is 5.91 Å². The molecule has 4 rings (SSSR count). The number of thiazole rings is 1. The number of rotatable bonds is 5. The Morgan fingerprint density at radius 2 is 1.96 bits per heavy atom. The lowest BCUT2D eigenvalue weighted by Crippen LogP contribution is -2.19. The van der Waals surface area contributed by atoms with Gasteiger partial charge in [0.2, 0.25) is 0 Å². The fraction of sp³-hybridized carbons (Fsp3) is 0.0476. The van der Waals surface area contributed by atoms with Crippen molar-refractivity contribution in [3.63, 3.8) is 0 Å². The molecular formula is C21H17N3OS. The van der Waals surface area contributed by atoms with Gasteiger partial charge in [-0.3, -0.25) is 10.1 Å². The highest BCUT2D eigenvalue weighted by Crippen LogP contribution is 2.33. The fourth-order valence-electron chi connectivity index (χ4n) is 3.09. The predicted molar refractivity (Wildman–Crippen MR) is 106 cm³/mol. The third-order valence-corrected chi connectivity index (χ3v) is 5.03. The van der Waals surface area contributed by atoms with Gasteiger partial charge in [0.15, 0.2) is 5.13 Å². The molecule has 5 heteroatoms. The van der Waals surface area contributed by atoms with Crippen LogP contribution in [-0.4, -0.2) is 15.9 Å². The normalized spacial score (nSPS) is 12.0. The Morgan fingerprint density at radius 3 is 2.73 bits per heavy atom. The minimum Gasteiger partial charge on any atom is -0.361 e. The molecular weight excluding hydrogens is 342 g/mol. The molecule has 0 radical (unpaired) electrons. The van der Waals surface area contributed by atoms with Crippen molar-refractivity contribution in [3.8, 4) is 0 Å². The maximum Gasteiger partial charge on any atom is 0.253 e. The van der Waals surface area contributed by atoms with Crippen molar-refractivity contribution in [2.24, 2.45) is 0 Å². The second-order valence-electron chi connectivity index (χ2n) is 5.98. The van der Waals surface area contributed by atoms with Crippen LogP contribution in [0.2, 0.25) is 0 Å². The topological polar surface area (TPSA) is 57.8 Å². The van der Waals surface area contributed by atoms with Crippen LogP contribution in [0.1, 0.15) is 17.0 Å². The number of anilines is 1. The van der Waals surface area contributed by atoms with E-state index in [-0.39, 0.29) is 11.8 Å². The number of carbonyl (C=O) groups excluding carboxylic acids is 1. The summed E-state index contributed by atoms with van der Waals surface area (Å²) in [5.41, 5.74) is 3.61. The van der Waals surface area contributed by atoms with Crippen LogP contribution in [0.3, 0.4) is 0 Å². The highest BCUT2D eigenvalue weighted by atomic mass is 32.1. The number of aromatic nitrogens is 2. The summed E-state index contributed by atoms with van der Waals surface area (Å²) < 4.78 is 0. The first kappa shape index (κ1) is 16.3. The summed E-state index contributed by atoms with van der Waals surface area (Å²) in [5, 5.41) is 6.34. The Labute approximate surface area is 155 Å². The molecule has 1 amide bonds. The first-order chi connectivity index (χ1) is 12.7. The van der Waals surface area contributed by atoms with Gasteiger partial charge in [-0.15, -0.1) is 11.3 Å². The highest BCUT2D eigenvalue weighted by molar-refractivity contribution is 7.13. The van der Waals surface area contributed by atoms with Gasteiger partial charge in [-0.25, -0.2) is 4.98 Å². The quantitative estimate of drug-likeness (QED) is 0.495. The second kappa shape index (κ2) is 6.98. The minimum absolute atomic E-state index is 0.219. The Bertz CT molecular complexity index is 1050. The number of carbonyl (C=O) groups is 1. The van der Waals surface area contributed by atoms with E-state index in [4.69, 9.17) is 0 Å². The number of amides is 1. The third-order valence-electron chi connectivity index (χ3n) is 4.34. The van der Waals surface area contributed by atoms with Gasteiger partial charge in [0.1, 0.15) is 0 Å². The first-order valence-corrected chi connectivity index (χ1v) is 9.12. The van der Waals surface area contributed by atoms with Crippen molar-refractivity contribution in [1.29, 1.82) is 0 Å². The van der Waals surface area contributed by atoms with Gasteiger partial charge in [0.05, 0.1) is 0 Å². The van der Waals surface area contributed by atoms with Crippen LogP contribution in [0, 0.1) is 0 Å². The zero-order valence-electron chi connectivity index (χ0n) is 14.0. The number of hydrogen-bond donors (Lipinski definition) is 2. The number of H-pyrrole nitrogens is 1. The zero-order valence-corrected chi connectivity index (χ0v) is 14.8. The second-order valence-corrected chi connectivity index (χ2v) is 6.88. The van der Waals surface area contributed by atoms with E-state index in [1.165, 1.54) is 11.3 Å². The highest BCUT2D eigenvalue weighted by Gasteiger charge is 2.23. The first-order valence-electron chi connectivity index (χ1n) is 8.24. The summed E-state index contributed by atoms with van der Waals surface area (Å²) in [5.74, 6) is -0.446. The molecule has 4 nitrogen and oxygen atoms in total. The number of nitrogens with one attached hydrogen (secondary N) is 2. The monoisotopic (exact) mass is 359 g/mol. The van der Waals surface area contributed by atoms with Crippen LogP contribution in [0.4, 0.5) is 5.13 Å². The van der Waals surface area contributed by atoms with Crippen LogP contribution in [0.15, 0.2) is 84.5 Å². The maximum absolute atomic E-state index is 12.8. The standard InChI is InChI=1S/C21H17N3OS/c1-14(20(25)24-21-23-11-12-26-21)19(15-5-3-2-4-6-15)17-7-8-18-16(13-17)9-10-22-18/h2-13,19,22H,1H2,(H,23,24,25). The summed E-state index contributed by atoms with van der Waals surface area (Å²) in [6, 6.07) is 18.2. The number of hydrogen-bond acceptors (Lipinski definition) is 3. The summed E-state index contributed by atoms with van der Waals surface area (Å²) in [6.07, 6.45) is 3.58. The van der Waals surface area contributed by atoms with E-state index in [0.29, 0.717) is 10.7 Å². The summed E-state index contributed by atoms with van der Waals surface area (Å²) in [6.45, 7) is 4.11. The van der Waals surface area contributed by atoms with E-state index in [1.54, 1.807) is 6.20 Å². The van der Waals surface area contributed by atoms with Gasteiger partial charge in [-0.05, 0) is 34.7 Å². The molecule has 0 bridgehead atoms. The van der Waals surface area contributed by atoms with Crippen LogP contribution in [0.5, 0.6) is 0 Å². The summed E-state index contributed by atoms with van der Waals surface area (Å²) >= 11 is 1.39. The summed E-state index contributed by atoms with van der Waals surface area (Å²) in [4.78, 5) is 20.1. The maximum atomic E-state index is 12.8. The van der Waals surface area contributed by atoms with Crippen LogP contribution in [-0.2, 0) is 4.79 Å². The van der Waals surface area contributed by atoms with Crippen LogP contribution >= 0.6 is 11.3 Å². The largest absolute Gasteiger partial charge is 0.361 e. The van der Waals surface area contributed by atoms with E-state index >= 15 is 0 Å². The molecule has 0 aliphatic heterocycles. The molecule has 0 aliphatic carbocycles. The molecule has 0 saturated heterocycles. The van der Waals surface area contributed by atoms with Crippen LogP contribution < -0.4 is 5.32 Å². The van der Waals surface area contributed by atoms with E-state index in [1.807, 2.05) is 60.1 Å². The Morgan fingerprint density at radius 1 is 1.12 bits per heavy atom. The lowest BCUT2D eigenvalue weighted by atomic mass is 9.84. The Hall–Kier alpha value is -3.18. The van der Waals surface area contributed by atoms with Crippen molar-refractivity contribution in [2.45, 2.75) is 5.92 Å². The Kier molecular flexibility index (Phi) is 4.37. The number of benzene rings is 2. The predicted octanol–water partition coefficient (Wildman–Crippen LogP) is 4.95. The molecule has 0 fully saturated rings. The van der Waals surface area contributed by atoms with Crippen LogP contribution in [0.25, 0.3) is 10.9 Å². The van der Waals surface area contributed by atoms with Gasteiger partial charge in [-0.2, -0.15) is 0 Å². The summed E-state index contributed by atoms with van der Waals surface area (Å²) in [7, 11) is 0. The van der Waals surface area contributed by atoms with Gasteiger partial charge in [0, 0.05) is 34.8 Å². The lowest BCUT2D eigenvalue weighted by molar-refractivity contribution is -0.113. The van der Waals surface area contributed by atoms with E-state index in [9.17, 15) is 4.79 Å². The number of fused-ring (bicyclic) bond motifs is 1. The average Bonchev–Trinajstić information content (AvgIpc) is 3.34. The molecule has 0 spiro atoms. The molecule has 2 N–H and O–H groups in total.